The molecule has 15 heavy (non-hydrogen) atoms. The molecule has 0 rings (SSSR count). The molecular weight excluding hydrogens is 190 g/mol. The Hall–Kier alpha value is -1.04. The van der Waals surface area contributed by atoms with Gasteiger partial charge in [0.2, 0.25) is 0 Å². The van der Waals surface area contributed by atoms with Gasteiger partial charge in [-0.05, 0) is 33.1 Å². The summed E-state index contributed by atoms with van der Waals surface area (Å²) >= 11 is 0. The van der Waals surface area contributed by atoms with E-state index in [9.17, 15) is 4.79 Å². The molecule has 0 fully saturated rings. The molecule has 0 saturated heterocycles. The molecule has 0 aromatic rings. The summed E-state index contributed by atoms with van der Waals surface area (Å²) in [6.45, 7) is 9.52. The Morgan fingerprint density at radius 1 is 1.40 bits per heavy atom. The first-order chi connectivity index (χ1) is 6.78. The summed E-state index contributed by atoms with van der Waals surface area (Å²) in [4.78, 5) is 11.8. The second kappa shape index (κ2) is 5.75. The number of nitriles is 1. The molecule has 3 heteroatoms. The third kappa shape index (κ3) is 6.11. The molecule has 0 radical (unpaired) electrons. The smallest absolute Gasteiger partial charge is 0.309 e. The van der Waals surface area contributed by atoms with Crippen LogP contribution >= 0.6 is 0 Å². The van der Waals surface area contributed by atoms with E-state index in [4.69, 9.17) is 10.00 Å². The Morgan fingerprint density at radius 2 is 1.93 bits per heavy atom. The number of carbonyl (C=O) groups is 1. The minimum absolute atomic E-state index is 0.163. The highest BCUT2D eigenvalue weighted by Crippen LogP contribution is 2.21. The number of hydrogen-bond donors (Lipinski definition) is 0. The van der Waals surface area contributed by atoms with E-state index in [1.165, 1.54) is 0 Å². The van der Waals surface area contributed by atoms with Gasteiger partial charge in [0.1, 0.15) is 5.60 Å². The number of nitrogens with zero attached hydrogens (tertiary/aromatic N) is 1. The topological polar surface area (TPSA) is 50.1 Å². The number of hydrogen-bond acceptors (Lipinski definition) is 3. The number of rotatable bonds is 4. The minimum Gasteiger partial charge on any atom is -0.460 e. The summed E-state index contributed by atoms with van der Waals surface area (Å²) < 4.78 is 5.31. The maximum absolute atomic E-state index is 11.8. The minimum atomic E-state index is -0.448. The van der Waals surface area contributed by atoms with Crippen molar-refractivity contribution in [1.29, 1.82) is 5.26 Å². The van der Waals surface area contributed by atoms with E-state index in [0.29, 0.717) is 12.8 Å². The molecule has 1 atom stereocenters. The van der Waals surface area contributed by atoms with Gasteiger partial charge in [-0.25, -0.2) is 0 Å². The zero-order valence-corrected chi connectivity index (χ0v) is 10.3. The first-order valence-corrected chi connectivity index (χ1v) is 5.37. The molecule has 0 unspecified atom stereocenters. The average molecular weight is 211 g/mol. The normalized spacial score (nSPS) is 13.4. The lowest BCUT2D eigenvalue weighted by Gasteiger charge is -2.25. The van der Waals surface area contributed by atoms with E-state index in [0.717, 1.165) is 0 Å². The standard InChI is InChI=1S/C12H21NO2/c1-9(2)10(7-6-8-13)11(14)15-12(3,4)5/h9-10H,6-7H2,1-5H3/t10-/m1/s1. The van der Waals surface area contributed by atoms with Gasteiger partial charge in [-0.3, -0.25) is 4.79 Å². The molecule has 3 nitrogen and oxygen atoms in total. The van der Waals surface area contributed by atoms with Crippen molar-refractivity contribution in [2.24, 2.45) is 11.8 Å². The second-order valence-electron chi connectivity index (χ2n) is 5.08. The van der Waals surface area contributed by atoms with Gasteiger partial charge in [0.15, 0.2) is 0 Å². The third-order valence-corrected chi connectivity index (χ3v) is 2.08. The van der Waals surface area contributed by atoms with E-state index in [1.54, 1.807) is 0 Å². The molecule has 0 bridgehead atoms. The Kier molecular flexibility index (Phi) is 5.35. The molecule has 0 heterocycles. The molecule has 86 valence electrons. The zero-order valence-electron chi connectivity index (χ0n) is 10.3. The van der Waals surface area contributed by atoms with Crippen LogP contribution in [0.3, 0.4) is 0 Å². The number of ether oxygens (including phenoxy) is 1. The van der Waals surface area contributed by atoms with E-state index >= 15 is 0 Å². The third-order valence-electron chi connectivity index (χ3n) is 2.08. The molecule has 0 aliphatic rings. The van der Waals surface area contributed by atoms with Crippen LogP contribution in [0.2, 0.25) is 0 Å². The van der Waals surface area contributed by atoms with Crippen molar-refractivity contribution >= 4 is 5.97 Å². The van der Waals surface area contributed by atoms with Crippen LogP contribution in [0.5, 0.6) is 0 Å². The first-order valence-electron chi connectivity index (χ1n) is 5.37. The Morgan fingerprint density at radius 3 is 2.27 bits per heavy atom. The summed E-state index contributed by atoms with van der Waals surface area (Å²) in [5.74, 6) is -0.134. The van der Waals surface area contributed by atoms with Gasteiger partial charge < -0.3 is 4.74 Å². The van der Waals surface area contributed by atoms with Gasteiger partial charge in [0, 0.05) is 6.42 Å². The van der Waals surface area contributed by atoms with Crippen molar-refractivity contribution in [3.63, 3.8) is 0 Å². The second-order valence-corrected chi connectivity index (χ2v) is 5.08. The van der Waals surface area contributed by atoms with Crippen LogP contribution in [0.25, 0.3) is 0 Å². The average Bonchev–Trinajstić information content (AvgIpc) is 2.00. The highest BCUT2D eigenvalue weighted by atomic mass is 16.6. The van der Waals surface area contributed by atoms with Crippen molar-refractivity contribution in [3.8, 4) is 6.07 Å². The van der Waals surface area contributed by atoms with Gasteiger partial charge in [-0.1, -0.05) is 13.8 Å². The van der Waals surface area contributed by atoms with E-state index in [-0.39, 0.29) is 17.8 Å². The van der Waals surface area contributed by atoms with Crippen molar-refractivity contribution in [3.05, 3.63) is 0 Å². The summed E-state index contributed by atoms with van der Waals surface area (Å²) in [6.07, 6.45) is 0.991. The molecule has 0 aliphatic carbocycles. The van der Waals surface area contributed by atoms with Crippen LogP contribution in [0, 0.1) is 23.2 Å². The molecule has 0 amide bonds. The molecular formula is C12H21NO2. The first kappa shape index (κ1) is 14.0. The summed E-state index contributed by atoms with van der Waals surface area (Å²) in [6, 6.07) is 2.06. The van der Waals surface area contributed by atoms with Crippen molar-refractivity contribution in [1.82, 2.24) is 0 Å². The van der Waals surface area contributed by atoms with Crippen molar-refractivity contribution in [2.45, 2.75) is 53.1 Å². The zero-order chi connectivity index (χ0) is 12.1. The van der Waals surface area contributed by atoms with E-state index in [2.05, 4.69) is 6.07 Å². The fourth-order valence-corrected chi connectivity index (χ4v) is 1.32. The van der Waals surface area contributed by atoms with Gasteiger partial charge in [-0.2, -0.15) is 5.26 Å². The highest BCUT2D eigenvalue weighted by molar-refractivity contribution is 5.73. The van der Waals surface area contributed by atoms with E-state index in [1.807, 2.05) is 34.6 Å². The maximum atomic E-state index is 11.8. The maximum Gasteiger partial charge on any atom is 0.309 e. The summed E-state index contributed by atoms with van der Waals surface area (Å²) in [5.41, 5.74) is -0.448. The molecule has 0 aromatic carbocycles. The molecule has 0 saturated carbocycles. The van der Waals surface area contributed by atoms with Gasteiger partial charge >= 0.3 is 5.97 Å². The molecule has 0 aliphatic heterocycles. The Bertz CT molecular complexity index is 245. The lowest BCUT2D eigenvalue weighted by molar-refractivity contribution is -0.161. The number of carbonyl (C=O) groups excluding carboxylic acids is 1. The predicted octanol–water partition coefficient (Wildman–Crippen LogP) is 2.90. The Balaban J connectivity index is 4.37. The highest BCUT2D eigenvalue weighted by Gasteiger charge is 2.27. The SMILES string of the molecule is CC(C)[C@@H](CCC#N)C(=O)OC(C)(C)C. The molecule has 0 N–H and O–H groups in total. The van der Waals surface area contributed by atoms with Crippen LogP contribution in [-0.2, 0) is 9.53 Å². The van der Waals surface area contributed by atoms with Gasteiger partial charge in [0.25, 0.3) is 0 Å². The van der Waals surface area contributed by atoms with Crippen LogP contribution in [0.1, 0.15) is 47.5 Å². The largest absolute Gasteiger partial charge is 0.460 e. The monoisotopic (exact) mass is 211 g/mol. The van der Waals surface area contributed by atoms with E-state index < -0.39 is 5.60 Å². The van der Waals surface area contributed by atoms with Gasteiger partial charge in [-0.15, -0.1) is 0 Å². The fourth-order valence-electron chi connectivity index (χ4n) is 1.32. The van der Waals surface area contributed by atoms with Gasteiger partial charge in [0.05, 0.1) is 12.0 Å². The van der Waals surface area contributed by atoms with Crippen molar-refractivity contribution < 1.29 is 9.53 Å². The van der Waals surface area contributed by atoms with Crippen LogP contribution in [-0.4, -0.2) is 11.6 Å². The summed E-state index contributed by atoms with van der Waals surface area (Å²) in [7, 11) is 0. The predicted molar refractivity (Wildman–Crippen MR) is 59.0 cm³/mol. The van der Waals surface area contributed by atoms with Crippen molar-refractivity contribution in [2.75, 3.05) is 0 Å². The Labute approximate surface area is 92.4 Å². The molecule has 0 aromatic heterocycles. The number of esters is 1. The van der Waals surface area contributed by atoms with Crippen LogP contribution in [0.4, 0.5) is 0 Å². The quantitative estimate of drug-likeness (QED) is 0.672. The lowest BCUT2D eigenvalue weighted by atomic mass is 9.91. The van der Waals surface area contributed by atoms with Crippen LogP contribution < -0.4 is 0 Å². The summed E-state index contributed by atoms with van der Waals surface area (Å²) in [5, 5.41) is 8.51. The lowest BCUT2D eigenvalue weighted by Crippen LogP contribution is -2.31. The fraction of sp³-hybridized carbons (Fsp3) is 0.833. The van der Waals surface area contributed by atoms with Crippen LogP contribution in [0.15, 0.2) is 0 Å². The molecule has 0 spiro atoms.